The smallest absolute Gasteiger partial charge is 0.237 e. The first kappa shape index (κ1) is 9.26. The molecule has 0 saturated heterocycles. The molecule has 0 aromatic rings. The zero-order valence-electron chi connectivity index (χ0n) is 7.55. The van der Waals surface area contributed by atoms with Crippen LogP contribution in [0.25, 0.3) is 0 Å². The molecule has 0 unspecified atom stereocenters. The van der Waals surface area contributed by atoms with Crippen LogP contribution in [0.3, 0.4) is 0 Å². The van der Waals surface area contributed by atoms with Crippen LogP contribution in [0.1, 0.15) is 12.8 Å². The van der Waals surface area contributed by atoms with E-state index in [1.807, 2.05) is 4.90 Å². The minimum Gasteiger partial charge on any atom is -0.335 e. The highest BCUT2D eigenvalue weighted by atomic mass is 16.2. The van der Waals surface area contributed by atoms with Gasteiger partial charge in [-0.1, -0.05) is 6.08 Å². The van der Waals surface area contributed by atoms with Gasteiger partial charge in [-0.3, -0.25) is 4.79 Å². The molecule has 1 aliphatic rings. The van der Waals surface area contributed by atoms with E-state index >= 15 is 0 Å². The van der Waals surface area contributed by atoms with Gasteiger partial charge in [0.15, 0.2) is 0 Å². The van der Waals surface area contributed by atoms with Crippen LogP contribution in [0, 0.1) is 0 Å². The van der Waals surface area contributed by atoms with Gasteiger partial charge in [-0.2, -0.15) is 0 Å². The summed E-state index contributed by atoms with van der Waals surface area (Å²) in [6, 6.07) is 0.490. The van der Waals surface area contributed by atoms with Crippen molar-refractivity contribution >= 4 is 5.91 Å². The molecule has 1 amide bonds. The van der Waals surface area contributed by atoms with Gasteiger partial charge in [0, 0.05) is 12.6 Å². The largest absolute Gasteiger partial charge is 0.335 e. The second-order valence-electron chi connectivity index (χ2n) is 3.10. The molecule has 3 heteroatoms. The van der Waals surface area contributed by atoms with E-state index in [2.05, 4.69) is 11.9 Å². The summed E-state index contributed by atoms with van der Waals surface area (Å²) in [7, 11) is 1.79. The van der Waals surface area contributed by atoms with Crippen molar-refractivity contribution < 1.29 is 4.79 Å². The Morgan fingerprint density at radius 2 is 2.42 bits per heavy atom. The van der Waals surface area contributed by atoms with Crippen LogP contribution in [0.4, 0.5) is 0 Å². The first-order valence-electron chi connectivity index (χ1n) is 4.34. The normalized spacial score (nSPS) is 15.8. The third kappa shape index (κ3) is 2.34. The maximum atomic E-state index is 11.4. The van der Waals surface area contributed by atoms with Crippen LogP contribution < -0.4 is 5.32 Å². The van der Waals surface area contributed by atoms with E-state index in [-0.39, 0.29) is 5.91 Å². The molecule has 1 saturated carbocycles. The van der Waals surface area contributed by atoms with Crippen molar-refractivity contribution in [1.82, 2.24) is 10.2 Å². The number of likely N-dealkylation sites (N-methyl/N-ethyl adjacent to an activating group) is 1. The number of nitrogens with one attached hydrogen (secondary N) is 1. The summed E-state index contributed by atoms with van der Waals surface area (Å²) in [5.74, 6) is 0.180. The van der Waals surface area contributed by atoms with Crippen LogP contribution in [0.5, 0.6) is 0 Å². The lowest BCUT2D eigenvalue weighted by Gasteiger charge is -2.20. The van der Waals surface area contributed by atoms with Crippen molar-refractivity contribution in [3.8, 4) is 0 Å². The second kappa shape index (κ2) is 4.26. The SMILES string of the molecule is C=CCN(C(=O)CNC)C1CC1. The highest BCUT2D eigenvalue weighted by Crippen LogP contribution is 2.26. The first-order valence-corrected chi connectivity index (χ1v) is 4.34. The second-order valence-corrected chi connectivity index (χ2v) is 3.10. The first-order chi connectivity index (χ1) is 5.79. The lowest BCUT2D eigenvalue weighted by molar-refractivity contribution is -0.130. The highest BCUT2D eigenvalue weighted by molar-refractivity contribution is 5.79. The summed E-state index contributed by atoms with van der Waals surface area (Å²) in [6.07, 6.45) is 4.10. The molecular formula is C9H16N2O. The fourth-order valence-electron chi connectivity index (χ4n) is 1.23. The van der Waals surface area contributed by atoms with Crippen molar-refractivity contribution in [1.29, 1.82) is 0 Å². The Balaban J connectivity index is 2.39. The Bertz CT molecular complexity index is 175. The van der Waals surface area contributed by atoms with Crippen molar-refractivity contribution in [2.24, 2.45) is 0 Å². The van der Waals surface area contributed by atoms with Crippen molar-refractivity contribution in [3.05, 3.63) is 12.7 Å². The summed E-state index contributed by atoms with van der Waals surface area (Å²) in [5, 5.41) is 2.86. The van der Waals surface area contributed by atoms with Gasteiger partial charge in [0.1, 0.15) is 0 Å². The number of amides is 1. The molecule has 0 heterocycles. The molecule has 12 heavy (non-hydrogen) atoms. The van der Waals surface area contributed by atoms with Crippen LogP contribution in [0.2, 0.25) is 0 Å². The van der Waals surface area contributed by atoms with Crippen LogP contribution >= 0.6 is 0 Å². The quantitative estimate of drug-likeness (QED) is 0.602. The number of carbonyl (C=O) groups excluding carboxylic acids is 1. The minimum atomic E-state index is 0.180. The van der Waals surface area contributed by atoms with Gasteiger partial charge >= 0.3 is 0 Å². The molecule has 68 valence electrons. The van der Waals surface area contributed by atoms with Crippen molar-refractivity contribution in [3.63, 3.8) is 0 Å². The van der Waals surface area contributed by atoms with Crippen molar-refractivity contribution in [2.75, 3.05) is 20.1 Å². The molecule has 0 aromatic heterocycles. The molecular weight excluding hydrogens is 152 g/mol. The predicted octanol–water partition coefficient (Wildman–Crippen LogP) is 0.383. The van der Waals surface area contributed by atoms with Gasteiger partial charge in [-0.05, 0) is 19.9 Å². The standard InChI is InChI=1S/C9H16N2O/c1-3-6-11(8-4-5-8)9(12)7-10-2/h3,8,10H,1,4-7H2,2H3. The predicted molar refractivity (Wildman–Crippen MR) is 48.9 cm³/mol. The lowest BCUT2D eigenvalue weighted by Crippen LogP contribution is -2.38. The van der Waals surface area contributed by atoms with E-state index in [4.69, 9.17) is 0 Å². The number of rotatable bonds is 5. The Morgan fingerprint density at radius 1 is 1.75 bits per heavy atom. The van der Waals surface area contributed by atoms with Gasteiger partial charge in [0.25, 0.3) is 0 Å². The van der Waals surface area contributed by atoms with E-state index in [1.165, 1.54) is 0 Å². The molecule has 0 aromatic carbocycles. The summed E-state index contributed by atoms with van der Waals surface area (Å²) in [6.45, 7) is 4.76. The maximum absolute atomic E-state index is 11.4. The Morgan fingerprint density at radius 3 is 2.83 bits per heavy atom. The summed E-state index contributed by atoms with van der Waals surface area (Å²) < 4.78 is 0. The van der Waals surface area contributed by atoms with Crippen LogP contribution in [-0.2, 0) is 4.79 Å². The molecule has 0 atom stereocenters. The van der Waals surface area contributed by atoms with Crippen LogP contribution in [-0.4, -0.2) is 37.0 Å². The molecule has 3 nitrogen and oxygen atoms in total. The van der Waals surface area contributed by atoms with Gasteiger partial charge in [0.05, 0.1) is 6.54 Å². The zero-order valence-corrected chi connectivity index (χ0v) is 7.55. The van der Waals surface area contributed by atoms with E-state index < -0.39 is 0 Å². The van der Waals surface area contributed by atoms with Gasteiger partial charge in [-0.15, -0.1) is 6.58 Å². The molecule has 0 spiro atoms. The summed E-state index contributed by atoms with van der Waals surface area (Å²) >= 11 is 0. The molecule has 1 fully saturated rings. The highest BCUT2D eigenvalue weighted by Gasteiger charge is 2.30. The average Bonchev–Trinajstić information content (AvgIpc) is 2.83. The van der Waals surface area contributed by atoms with Gasteiger partial charge < -0.3 is 10.2 Å². The fraction of sp³-hybridized carbons (Fsp3) is 0.667. The van der Waals surface area contributed by atoms with E-state index in [0.717, 1.165) is 12.8 Å². The lowest BCUT2D eigenvalue weighted by atomic mass is 10.4. The fourth-order valence-corrected chi connectivity index (χ4v) is 1.23. The summed E-state index contributed by atoms with van der Waals surface area (Å²) in [4.78, 5) is 13.3. The third-order valence-corrected chi connectivity index (χ3v) is 1.96. The molecule has 1 aliphatic carbocycles. The maximum Gasteiger partial charge on any atom is 0.237 e. The van der Waals surface area contributed by atoms with E-state index in [0.29, 0.717) is 19.1 Å². The number of carbonyl (C=O) groups is 1. The topological polar surface area (TPSA) is 32.3 Å². The van der Waals surface area contributed by atoms with E-state index in [9.17, 15) is 4.79 Å². The Labute approximate surface area is 73.4 Å². The van der Waals surface area contributed by atoms with Gasteiger partial charge in [-0.25, -0.2) is 0 Å². The number of hydrogen-bond donors (Lipinski definition) is 1. The van der Waals surface area contributed by atoms with Crippen LogP contribution in [0.15, 0.2) is 12.7 Å². The summed E-state index contributed by atoms with van der Waals surface area (Å²) in [5.41, 5.74) is 0. The third-order valence-electron chi connectivity index (χ3n) is 1.96. The van der Waals surface area contributed by atoms with Gasteiger partial charge in [0.2, 0.25) is 5.91 Å². The molecule has 0 aliphatic heterocycles. The number of hydrogen-bond acceptors (Lipinski definition) is 2. The minimum absolute atomic E-state index is 0.180. The zero-order chi connectivity index (χ0) is 8.97. The Kier molecular flexibility index (Phi) is 3.29. The number of nitrogens with zero attached hydrogens (tertiary/aromatic N) is 1. The molecule has 1 rings (SSSR count). The molecule has 1 N–H and O–H groups in total. The Hall–Kier alpha value is -0.830. The monoisotopic (exact) mass is 168 g/mol. The van der Waals surface area contributed by atoms with Crippen molar-refractivity contribution in [2.45, 2.75) is 18.9 Å². The average molecular weight is 168 g/mol. The van der Waals surface area contributed by atoms with E-state index in [1.54, 1.807) is 13.1 Å². The molecule has 0 bridgehead atoms. The molecule has 0 radical (unpaired) electrons.